The molecule has 1 aromatic carbocycles. The van der Waals surface area contributed by atoms with Crippen LogP contribution in [0.5, 0.6) is 0 Å². The van der Waals surface area contributed by atoms with Gasteiger partial charge in [-0.15, -0.1) is 0 Å². The topological polar surface area (TPSA) is 46.3 Å². The van der Waals surface area contributed by atoms with Crippen LogP contribution in [0.1, 0.15) is 30.6 Å². The molecule has 1 amide bonds. The summed E-state index contributed by atoms with van der Waals surface area (Å²) in [6.07, 6.45) is 0.662. The van der Waals surface area contributed by atoms with Gasteiger partial charge in [0, 0.05) is 19.1 Å². The summed E-state index contributed by atoms with van der Waals surface area (Å²) in [4.78, 5) is 13.8. The Morgan fingerprint density at radius 3 is 2.74 bits per heavy atom. The Bertz CT molecular complexity index is 502. The van der Waals surface area contributed by atoms with Gasteiger partial charge < -0.3 is 10.6 Å². The number of hydrogen-bond acceptors (Lipinski definition) is 2. The van der Waals surface area contributed by atoms with Crippen molar-refractivity contribution in [2.45, 2.75) is 26.3 Å². The maximum atomic E-state index is 13.6. The SMILES string of the molecule is CC1(C)CN(C(=O)c2cc(F)ccc2F)CCC1N. The number of carbonyl (C=O) groups excluding carboxylic acids is 1. The highest BCUT2D eigenvalue weighted by Gasteiger charge is 2.36. The maximum absolute atomic E-state index is 13.6. The Morgan fingerprint density at radius 2 is 2.11 bits per heavy atom. The number of likely N-dealkylation sites (tertiary alicyclic amines) is 1. The summed E-state index contributed by atoms with van der Waals surface area (Å²) in [5.74, 6) is -1.78. The average molecular weight is 268 g/mol. The quantitative estimate of drug-likeness (QED) is 0.848. The number of benzene rings is 1. The molecule has 1 fully saturated rings. The van der Waals surface area contributed by atoms with E-state index < -0.39 is 17.5 Å². The zero-order valence-corrected chi connectivity index (χ0v) is 11.1. The Labute approximate surface area is 111 Å². The fraction of sp³-hybridized carbons (Fsp3) is 0.500. The van der Waals surface area contributed by atoms with Crippen LogP contribution in [-0.2, 0) is 0 Å². The number of nitrogens with two attached hydrogens (primary N) is 1. The molecule has 0 aromatic heterocycles. The molecule has 0 spiro atoms. The second kappa shape index (κ2) is 4.89. The number of halogens is 2. The summed E-state index contributed by atoms with van der Waals surface area (Å²) in [7, 11) is 0. The van der Waals surface area contributed by atoms with Gasteiger partial charge in [-0.1, -0.05) is 13.8 Å². The molecule has 1 unspecified atom stereocenters. The Kier molecular flexibility index (Phi) is 3.58. The molecule has 1 aromatic rings. The minimum absolute atomic E-state index is 0.00825. The van der Waals surface area contributed by atoms with Crippen molar-refractivity contribution in [3.8, 4) is 0 Å². The molecule has 0 radical (unpaired) electrons. The number of carbonyl (C=O) groups is 1. The van der Waals surface area contributed by atoms with Crippen LogP contribution in [0.2, 0.25) is 0 Å². The highest BCUT2D eigenvalue weighted by molar-refractivity contribution is 5.94. The minimum Gasteiger partial charge on any atom is -0.338 e. The highest BCUT2D eigenvalue weighted by atomic mass is 19.1. The van der Waals surface area contributed by atoms with Gasteiger partial charge in [-0.05, 0) is 30.0 Å². The monoisotopic (exact) mass is 268 g/mol. The van der Waals surface area contributed by atoms with Gasteiger partial charge in [-0.3, -0.25) is 4.79 Å². The zero-order valence-electron chi connectivity index (χ0n) is 11.1. The maximum Gasteiger partial charge on any atom is 0.256 e. The van der Waals surface area contributed by atoms with E-state index in [1.165, 1.54) is 0 Å². The van der Waals surface area contributed by atoms with Gasteiger partial charge >= 0.3 is 0 Å². The van der Waals surface area contributed by atoms with E-state index in [1.54, 1.807) is 4.90 Å². The van der Waals surface area contributed by atoms with Gasteiger partial charge in [0.15, 0.2) is 0 Å². The van der Waals surface area contributed by atoms with Crippen molar-refractivity contribution in [2.75, 3.05) is 13.1 Å². The van der Waals surface area contributed by atoms with Crippen LogP contribution in [0.3, 0.4) is 0 Å². The lowest BCUT2D eigenvalue weighted by Crippen LogP contribution is -2.54. The Morgan fingerprint density at radius 1 is 1.42 bits per heavy atom. The van der Waals surface area contributed by atoms with Crippen LogP contribution >= 0.6 is 0 Å². The van der Waals surface area contributed by atoms with E-state index in [0.29, 0.717) is 19.5 Å². The van der Waals surface area contributed by atoms with Gasteiger partial charge in [0.25, 0.3) is 5.91 Å². The van der Waals surface area contributed by atoms with Crippen LogP contribution in [0.15, 0.2) is 18.2 Å². The molecule has 104 valence electrons. The van der Waals surface area contributed by atoms with Crippen molar-refractivity contribution in [1.29, 1.82) is 0 Å². The molecule has 1 heterocycles. The molecule has 3 nitrogen and oxygen atoms in total. The van der Waals surface area contributed by atoms with Crippen molar-refractivity contribution in [3.05, 3.63) is 35.4 Å². The van der Waals surface area contributed by atoms with Crippen LogP contribution in [0.4, 0.5) is 8.78 Å². The second-order valence-corrected chi connectivity index (χ2v) is 5.73. The van der Waals surface area contributed by atoms with Crippen molar-refractivity contribution in [3.63, 3.8) is 0 Å². The van der Waals surface area contributed by atoms with Gasteiger partial charge in [0.2, 0.25) is 0 Å². The van der Waals surface area contributed by atoms with Gasteiger partial charge in [0.05, 0.1) is 5.56 Å². The molecular formula is C14H18F2N2O. The molecular weight excluding hydrogens is 250 g/mol. The molecule has 5 heteroatoms. The van der Waals surface area contributed by atoms with Gasteiger partial charge in [-0.25, -0.2) is 8.78 Å². The molecule has 1 atom stereocenters. The summed E-state index contributed by atoms with van der Waals surface area (Å²) >= 11 is 0. The molecule has 1 aliphatic rings. The lowest BCUT2D eigenvalue weighted by molar-refractivity contribution is 0.0528. The summed E-state index contributed by atoms with van der Waals surface area (Å²) in [5, 5.41) is 0. The highest BCUT2D eigenvalue weighted by Crippen LogP contribution is 2.28. The third-order valence-corrected chi connectivity index (χ3v) is 3.76. The number of amides is 1. The minimum atomic E-state index is -0.695. The van der Waals surface area contributed by atoms with Crippen molar-refractivity contribution >= 4 is 5.91 Å². The van der Waals surface area contributed by atoms with Crippen molar-refractivity contribution < 1.29 is 13.6 Å². The summed E-state index contributed by atoms with van der Waals surface area (Å²) in [6.45, 7) is 4.86. The lowest BCUT2D eigenvalue weighted by atomic mass is 9.79. The number of rotatable bonds is 1. The molecule has 19 heavy (non-hydrogen) atoms. The average Bonchev–Trinajstić information content (AvgIpc) is 2.35. The summed E-state index contributed by atoms with van der Waals surface area (Å²) in [5.41, 5.74) is 5.55. The van der Waals surface area contributed by atoms with Crippen LogP contribution in [-0.4, -0.2) is 29.9 Å². The van der Waals surface area contributed by atoms with Gasteiger partial charge in [0.1, 0.15) is 11.6 Å². The van der Waals surface area contributed by atoms with E-state index >= 15 is 0 Å². The zero-order chi connectivity index (χ0) is 14.2. The van der Waals surface area contributed by atoms with E-state index in [4.69, 9.17) is 5.73 Å². The number of hydrogen-bond donors (Lipinski definition) is 1. The van der Waals surface area contributed by atoms with Crippen LogP contribution in [0.25, 0.3) is 0 Å². The summed E-state index contributed by atoms with van der Waals surface area (Å²) < 4.78 is 26.7. The molecule has 1 saturated heterocycles. The fourth-order valence-corrected chi connectivity index (χ4v) is 2.38. The predicted octanol–water partition coefficient (Wildman–Crippen LogP) is 2.16. The van der Waals surface area contributed by atoms with E-state index in [1.807, 2.05) is 13.8 Å². The predicted molar refractivity (Wildman–Crippen MR) is 68.6 cm³/mol. The van der Waals surface area contributed by atoms with Crippen LogP contribution < -0.4 is 5.73 Å². The van der Waals surface area contributed by atoms with Crippen molar-refractivity contribution in [1.82, 2.24) is 4.90 Å². The Hall–Kier alpha value is -1.49. The molecule has 0 aliphatic carbocycles. The normalized spacial score (nSPS) is 22.4. The standard InChI is InChI=1S/C14H18F2N2O/c1-14(2)8-18(6-5-12(14)17)13(19)10-7-9(15)3-4-11(10)16/h3-4,7,12H,5-6,8,17H2,1-2H3. The molecule has 2 rings (SSSR count). The first-order chi connectivity index (χ1) is 8.81. The molecule has 0 saturated carbocycles. The molecule has 0 bridgehead atoms. The first kappa shape index (κ1) is 13.9. The summed E-state index contributed by atoms with van der Waals surface area (Å²) in [6, 6.07) is 2.93. The van der Waals surface area contributed by atoms with E-state index in [9.17, 15) is 13.6 Å². The third kappa shape index (κ3) is 2.76. The van der Waals surface area contributed by atoms with Gasteiger partial charge in [-0.2, -0.15) is 0 Å². The first-order valence-electron chi connectivity index (χ1n) is 6.31. The largest absolute Gasteiger partial charge is 0.338 e. The van der Waals surface area contributed by atoms with E-state index in [-0.39, 0.29) is 17.0 Å². The van der Waals surface area contributed by atoms with E-state index in [2.05, 4.69) is 0 Å². The van der Waals surface area contributed by atoms with Crippen molar-refractivity contribution in [2.24, 2.45) is 11.1 Å². The number of piperidine rings is 1. The van der Waals surface area contributed by atoms with Crippen LogP contribution in [0, 0.1) is 17.0 Å². The fourth-order valence-electron chi connectivity index (χ4n) is 2.38. The second-order valence-electron chi connectivity index (χ2n) is 5.73. The lowest BCUT2D eigenvalue weighted by Gasteiger charge is -2.42. The Balaban J connectivity index is 2.23. The molecule has 2 N–H and O–H groups in total. The third-order valence-electron chi connectivity index (χ3n) is 3.76. The van der Waals surface area contributed by atoms with E-state index in [0.717, 1.165) is 18.2 Å². The first-order valence-corrected chi connectivity index (χ1v) is 6.31. The smallest absolute Gasteiger partial charge is 0.256 e. The molecule has 1 aliphatic heterocycles. The number of nitrogens with zero attached hydrogens (tertiary/aromatic N) is 1.